The molecular weight excluding hydrogens is 1110 g/mol. The number of nitrogens with one attached hydrogen (secondary N) is 4. The number of rotatable bonds is 23. The molecule has 11 N–H and O–H groups in total. The Morgan fingerprint density at radius 1 is 0.932 bits per heavy atom. The molecule has 5 aromatic rings. The van der Waals surface area contributed by atoms with E-state index in [2.05, 4.69) is 101 Å². The molecule has 4 aliphatic heterocycles. The number of fused-ring (bicyclic) bond motifs is 8. The van der Waals surface area contributed by atoms with Gasteiger partial charge in [-0.2, -0.15) is 0 Å². The summed E-state index contributed by atoms with van der Waals surface area (Å²) in [5.41, 5.74) is 14.6. The maximum absolute atomic E-state index is 14.5. The van der Waals surface area contributed by atoms with Crippen molar-refractivity contribution in [3.63, 3.8) is 0 Å². The van der Waals surface area contributed by atoms with Crippen LogP contribution in [-0.4, -0.2) is 110 Å². The van der Waals surface area contributed by atoms with Gasteiger partial charge in [0.15, 0.2) is 23.7 Å². The van der Waals surface area contributed by atoms with Crippen molar-refractivity contribution in [3.8, 4) is 29.3 Å². The molecule has 10 bridgehead atoms. The fourth-order valence-electron chi connectivity index (χ4n) is 13.3. The number of aliphatic hydroxyl groups is 4. The van der Waals surface area contributed by atoms with Crippen LogP contribution in [0.5, 0.6) is 17.2 Å². The lowest BCUT2D eigenvalue weighted by molar-refractivity contribution is -0.121. The van der Waals surface area contributed by atoms with Crippen LogP contribution in [0.3, 0.4) is 0 Å². The third-order valence-electron chi connectivity index (χ3n) is 18.0. The second kappa shape index (κ2) is 31.3. The summed E-state index contributed by atoms with van der Waals surface area (Å²) in [6, 6.07) is 25.9. The zero-order chi connectivity index (χ0) is 62.3. The number of hydrogen-bond acceptors (Lipinski definition) is 14. The van der Waals surface area contributed by atoms with Crippen LogP contribution in [0.15, 0.2) is 113 Å². The lowest BCUT2D eigenvalue weighted by Crippen LogP contribution is -2.46. The summed E-state index contributed by atoms with van der Waals surface area (Å²) in [7, 11) is 5.15. The number of aliphatic imine (C=N–C) groups is 1. The molecule has 0 amide bonds. The van der Waals surface area contributed by atoms with Crippen LogP contribution >= 0.6 is 0 Å². The van der Waals surface area contributed by atoms with Crippen molar-refractivity contribution < 1.29 is 49.3 Å². The van der Waals surface area contributed by atoms with Crippen LogP contribution in [0.2, 0.25) is 0 Å². The van der Waals surface area contributed by atoms with Crippen molar-refractivity contribution in [1.29, 1.82) is 0 Å². The van der Waals surface area contributed by atoms with E-state index in [0.29, 0.717) is 92.4 Å². The number of allylic oxidation sites excluding steroid dienone is 4. The number of ketones is 1. The molecular formula is C72H92N6O10. The molecule has 0 spiro atoms. The SMILES string of the molecule is CCC(NCC(C)O)NCC1CC(c2cccc(CCOCCCNC)c2)C2C#COC(CC(=O)CCc3ccc(OC)c(c3)OCc3c(C(O)O)cc4c2c(O)cc2c4c3C=CC2C)CC2C=C(O)C1=CC2CCCCc1cccc(NC(N)=NC)c1. The Morgan fingerprint density at radius 3 is 2.52 bits per heavy atom. The zero-order valence-electron chi connectivity index (χ0n) is 52.1. The number of carbonyl (C=O) groups excluding carboxylic acids is 1. The molecule has 9 atom stereocenters. The van der Waals surface area contributed by atoms with E-state index in [1.165, 1.54) is 5.56 Å². The third kappa shape index (κ3) is 16.5. The predicted molar refractivity (Wildman–Crippen MR) is 349 cm³/mol. The number of methoxy groups -OCH3 is 1. The first-order valence-corrected chi connectivity index (χ1v) is 31.7. The van der Waals surface area contributed by atoms with Gasteiger partial charge in [0, 0.05) is 79.7 Å². The molecule has 0 fully saturated rings. The molecule has 16 heteroatoms. The summed E-state index contributed by atoms with van der Waals surface area (Å²) in [5.74, 6) is 2.96. The minimum absolute atomic E-state index is 0.00943. The largest absolute Gasteiger partial charge is 0.508 e. The minimum atomic E-state index is -1.94. The highest BCUT2D eigenvalue weighted by molar-refractivity contribution is 6.01. The number of phenols is 1. The van der Waals surface area contributed by atoms with Crippen LogP contribution in [0, 0.1) is 29.8 Å². The van der Waals surface area contributed by atoms with Gasteiger partial charge in [0.2, 0.25) is 0 Å². The van der Waals surface area contributed by atoms with Crippen molar-refractivity contribution in [2.24, 2.45) is 28.5 Å². The Balaban J connectivity index is 1.24. The quantitative estimate of drug-likeness (QED) is 0.00962. The number of aryl methyl sites for hydroxylation is 2. The number of guanidine groups is 1. The van der Waals surface area contributed by atoms with E-state index in [1.807, 2.05) is 55.6 Å². The first-order chi connectivity index (χ1) is 42.6. The highest BCUT2D eigenvalue weighted by atomic mass is 16.5. The van der Waals surface area contributed by atoms with Crippen LogP contribution < -0.4 is 36.5 Å². The van der Waals surface area contributed by atoms with Crippen molar-refractivity contribution in [3.05, 3.63) is 158 Å². The summed E-state index contributed by atoms with van der Waals surface area (Å²) in [6.07, 6.45) is 15.3. The highest BCUT2D eigenvalue weighted by Gasteiger charge is 2.38. The topological polar surface area (TPSA) is 242 Å². The summed E-state index contributed by atoms with van der Waals surface area (Å²) >= 11 is 0. The number of aliphatic hydroxyl groups excluding tert-OH is 3. The van der Waals surface area contributed by atoms with Gasteiger partial charge in [-0.3, -0.25) is 15.1 Å². The monoisotopic (exact) mass is 1200 g/mol. The summed E-state index contributed by atoms with van der Waals surface area (Å²) in [4.78, 5) is 18.6. The second-order valence-electron chi connectivity index (χ2n) is 24.3. The lowest BCUT2D eigenvalue weighted by Gasteiger charge is -2.35. The van der Waals surface area contributed by atoms with Gasteiger partial charge in [-0.05, 0) is 182 Å². The molecule has 0 saturated carbocycles. The standard InChI is InChI=1S/C72H92N6O10/c1-7-68(76-41-45(3)79)77-42-52-36-59(50-17-10-14-47(31-50)25-29-86-28-12-27-74-4)57-26-30-87-55(34-51-37-64(81)60(52)35-49(51)16-9-8-13-46-15-11-18-53(32-46)78-72(73)75-5)38-54(80)22-20-48-21-24-66(85-6)67(33-48)88-43-63-56-23-19-44(2)58-40-65(82)70(57)62(69(56)58)39-61(63)71(83)84/h10-11,14-15,17-19,21,23-24,31-33,35,37,39-40,44-45,49,51-52,55,57,59,68,71,74,76-77,79,81-84H,7-9,12-13,16,20,22,25,27-29,34,36,38,41-43H2,1-6H3,(H3,73,75,78). The molecule has 2 aliphatic carbocycles. The van der Waals surface area contributed by atoms with E-state index >= 15 is 0 Å². The number of ether oxygens (including phenoxy) is 4. The Hall–Kier alpha value is -7.20. The van der Waals surface area contributed by atoms with Crippen LogP contribution in [0.25, 0.3) is 16.8 Å². The molecule has 4 heterocycles. The van der Waals surface area contributed by atoms with Crippen molar-refractivity contribution in [1.82, 2.24) is 16.0 Å². The number of nitrogens with two attached hydrogens (primary N) is 1. The molecule has 0 saturated heterocycles. The number of benzene rings is 5. The second-order valence-corrected chi connectivity index (χ2v) is 24.3. The molecule has 16 nitrogen and oxygen atoms in total. The van der Waals surface area contributed by atoms with Crippen LogP contribution in [0.1, 0.15) is 153 Å². The number of hydrogen-bond donors (Lipinski definition) is 10. The molecule has 0 aromatic heterocycles. The first-order valence-electron chi connectivity index (χ1n) is 31.7. The molecule has 11 rings (SSSR count). The maximum atomic E-state index is 14.5. The van der Waals surface area contributed by atoms with Crippen LogP contribution in [-0.2, 0) is 40.1 Å². The van der Waals surface area contributed by atoms with Gasteiger partial charge in [0.1, 0.15) is 36.1 Å². The van der Waals surface area contributed by atoms with E-state index < -0.39 is 30.3 Å². The van der Waals surface area contributed by atoms with Crippen molar-refractivity contribution >= 4 is 34.3 Å². The summed E-state index contributed by atoms with van der Waals surface area (Å²) in [6.45, 7) is 8.66. The molecule has 0 radical (unpaired) electrons. The van der Waals surface area contributed by atoms with Gasteiger partial charge >= 0.3 is 0 Å². The van der Waals surface area contributed by atoms with Gasteiger partial charge in [-0.15, -0.1) is 0 Å². The number of nitrogens with zero attached hydrogens (tertiary/aromatic N) is 1. The Bertz CT molecular complexity index is 3400. The predicted octanol–water partition coefficient (Wildman–Crippen LogP) is 10.6. The molecule has 5 aromatic carbocycles. The minimum Gasteiger partial charge on any atom is -0.508 e. The highest BCUT2D eigenvalue weighted by Crippen LogP contribution is 2.51. The maximum Gasteiger partial charge on any atom is 0.192 e. The van der Waals surface area contributed by atoms with Crippen molar-refractivity contribution in [2.75, 3.05) is 59.4 Å². The van der Waals surface area contributed by atoms with Crippen LogP contribution in [0.4, 0.5) is 5.69 Å². The summed E-state index contributed by atoms with van der Waals surface area (Å²) in [5, 5.41) is 74.4. The summed E-state index contributed by atoms with van der Waals surface area (Å²) < 4.78 is 25.4. The average Bonchev–Trinajstić information content (AvgIpc) is 0.852. The fourth-order valence-corrected chi connectivity index (χ4v) is 13.3. The normalized spacial score (nSPS) is 21.9. The van der Waals surface area contributed by atoms with Crippen molar-refractivity contribution in [2.45, 2.75) is 147 Å². The first kappa shape index (κ1) is 65.3. The Labute approximate surface area is 519 Å². The molecule has 470 valence electrons. The molecule has 88 heavy (non-hydrogen) atoms. The van der Waals surface area contributed by atoms with Gasteiger partial charge in [-0.1, -0.05) is 86.9 Å². The number of carbonyl (C=O) groups is 1. The van der Waals surface area contributed by atoms with Gasteiger partial charge < -0.3 is 66.2 Å². The number of anilines is 1. The van der Waals surface area contributed by atoms with E-state index in [4.69, 9.17) is 24.7 Å². The Kier molecular flexibility index (Phi) is 23.2. The van der Waals surface area contributed by atoms with Gasteiger partial charge in [0.25, 0.3) is 0 Å². The number of Topliss-reactive ketones (excluding diaryl/α,β-unsaturated/α-hetero) is 1. The Morgan fingerprint density at radius 2 is 1.75 bits per heavy atom. The van der Waals surface area contributed by atoms with E-state index in [1.54, 1.807) is 27.1 Å². The number of unbranched alkanes of at least 4 members (excludes halogenated alkanes) is 1. The zero-order valence-corrected chi connectivity index (χ0v) is 52.1. The average molecular weight is 1200 g/mol. The van der Waals surface area contributed by atoms with Gasteiger partial charge in [0.05, 0.1) is 31.9 Å². The van der Waals surface area contributed by atoms with E-state index in [0.717, 1.165) is 83.1 Å². The number of aromatic hydroxyl groups is 1. The van der Waals surface area contributed by atoms with E-state index in [-0.39, 0.29) is 72.1 Å². The van der Waals surface area contributed by atoms with E-state index in [9.17, 15) is 30.3 Å². The lowest BCUT2D eigenvalue weighted by atomic mass is 9.70. The molecule has 9 unspecified atom stereocenters. The fraction of sp³-hybridized carbons (Fsp3) is 0.472. The van der Waals surface area contributed by atoms with Gasteiger partial charge in [-0.25, -0.2) is 0 Å². The third-order valence-corrected chi connectivity index (χ3v) is 18.0. The smallest absolute Gasteiger partial charge is 0.192 e. The molecule has 6 aliphatic rings. The number of phenolic OH excluding ortho intramolecular Hbond substituents is 1.